The van der Waals surface area contributed by atoms with Crippen molar-refractivity contribution in [1.29, 1.82) is 0 Å². The van der Waals surface area contributed by atoms with Crippen LogP contribution < -0.4 is 11.1 Å². The number of hydrogen-bond acceptors (Lipinski definition) is 3. The lowest BCUT2D eigenvalue weighted by molar-refractivity contribution is 0.409. The summed E-state index contributed by atoms with van der Waals surface area (Å²) in [6, 6.07) is 4.14. The number of pyridine rings is 1. The van der Waals surface area contributed by atoms with E-state index in [0.29, 0.717) is 5.41 Å². The molecule has 0 radical (unpaired) electrons. The van der Waals surface area contributed by atoms with Gasteiger partial charge in [0.25, 0.3) is 0 Å². The molecule has 3 nitrogen and oxygen atoms in total. The van der Waals surface area contributed by atoms with Crippen LogP contribution in [-0.4, -0.2) is 24.6 Å². The third-order valence-corrected chi connectivity index (χ3v) is 3.90. The van der Waals surface area contributed by atoms with Gasteiger partial charge in [-0.15, -0.1) is 0 Å². The number of hydrogen-bond donors (Lipinski definition) is 2. The molecule has 0 bridgehead atoms. The first-order chi connectivity index (χ1) is 8.08. The second kappa shape index (κ2) is 4.75. The molecule has 0 unspecified atom stereocenters. The summed E-state index contributed by atoms with van der Waals surface area (Å²) in [5.41, 5.74) is 7.59. The standard InChI is InChI=1S/C14H23N3/c1-13(2,12-4-3-7-16-8-12)10-17-11-14(9-15)5-6-14/h3-4,7-8,17H,5-6,9-11,15H2,1-2H3. The SMILES string of the molecule is CC(C)(CNCC1(CN)CC1)c1cccnc1. The third-order valence-electron chi connectivity index (χ3n) is 3.90. The molecule has 0 amide bonds. The van der Waals surface area contributed by atoms with E-state index in [4.69, 9.17) is 5.73 Å². The third kappa shape index (κ3) is 3.05. The van der Waals surface area contributed by atoms with Gasteiger partial charge >= 0.3 is 0 Å². The summed E-state index contributed by atoms with van der Waals surface area (Å²) in [4.78, 5) is 4.19. The summed E-state index contributed by atoms with van der Waals surface area (Å²) < 4.78 is 0. The minimum atomic E-state index is 0.124. The smallest absolute Gasteiger partial charge is 0.0305 e. The topological polar surface area (TPSA) is 50.9 Å². The van der Waals surface area contributed by atoms with E-state index in [0.717, 1.165) is 19.6 Å². The maximum atomic E-state index is 5.78. The van der Waals surface area contributed by atoms with Gasteiger partial charge in [-0.05, 0) is 36.4 Å². The van der Waals surface area contributed by atoms with Gasteiger partial charge in [0.2, 0.25) is 0 Å². The van der Waals surface area contributed by atoms with E-state index in [-0.39, 0.29) is 5.41 Å². The van der Waals surface area contributed by atoms with Gasteiger partial charge in [0.1, 0.15) is 0 Å². The van der Waals surface area contributed by atoms with Crippen molar-refractivity contribution in [2.45, 2.75) is 32.1 Å². The number of nitrogens with zero attached hydrogens (tertiary/aromatic N) is 1. The van der Waals surface area contributed by atoms with Crippen molar-refractivity contribution in [1.82, 2.24) is 10.3 Å². The second-order valence-electron chi connectivity index (χ2n) is 5.93. The van der Waals surface area contributed by atoms with Crippen molar-refractivity contribution in [2.75, 3.05) is 19.6 Å². The maximum absolute atomic E-state index is 5.78. The minimum absolute atomic E-state index is 0.124. The van der Waals surface area contributed by atoms with Crippen molar-refractivity contribution >= 4 is 0 Å². The highest BCUT2D eigenvalue weighted by atomic mass is 14.9. The summed E-state index contributed by atoms with van der Waals surface area (Å²) in [5, 5.41) is 3.57. The molecule has 1 aliphatic carbocycles. The summed E-state index contributed by atoms with van der Waals surface area (Å²) in [6.07, 6.45) is 6.34. The quantitative estimate of drug-likeness (QED) is 0.786. The van der Waals surface area contributed by atoms with Gasteiger partial charge in [0.15, 0.2) is 0 Å². The zero-order valence-electron chi connectivity index (χ0n) is 10.9. The zero-order valence-corrected chi connectivity index (χ0v) is 10.9. The van der Waals surface area contributed by atoms with E-state index >= 15 is 0 Å². The van der Waals surface area contributed by atoms with E-state index in [1.54, 1.807) is 0 Å². The Morgan fingerprint density at radius 1 is 1.47 bits per heavy atom. The molecule has 0 spiro atoms. The first-order valence-corrected chi connectivity index (χ1v) is 6.39. The average Bonchev–Trinajstić information content (AvgIpc) is 3.11. The van der Waals surface area contributed by atoms with Crippen LogP contribution in [0.4, 0.5) is 0 Å². The fraction of sp³-hybridized carbons (Fsp3) is 0.643. The van der Waals surface area contributed by atoms with Crippen LogP contribution in [0.1, 0.15) is 32.3 Å². The number of nitrogens with one attached hydrogen (secondary N) is 1. The lowest BCUT2D eigenvalue weighted by Gasteiger charge is -2.26. The monoisotopic (exact) mass is 233 g/mol. The van der Waals surface area contributed by atoms with Gasteiger partial charge in [0.05, 0.1) is 0 Å². The molecule has 0 atom stereocenters. The van der Waals surface area contributed by atoms with Crippen LogP contribution in [0.3, 0.4) is 0 Å². The Morgan fingerprint density at radius 2 is 2.24 bits per heavy atom. The fourth-order valence-corrected chi connectivity index (χ4v) is 2.14. The van der Waals surface area contributed by atoms with Crippen LogP contribution in [-0.2, 0) is 5.41 Å². The van der Waals surface area contributed by atoms with E-state index in [9.17, 15) is 0 Å². The van der Waals surface area contributed by atoms with Crippen LogP contribution in [0.15, 0.2) is 24.5 Å². The molecule has 17 heavy (non-hydrogen) atoms. The molecular formula is C14H23N3. The van der Waals surface area contributed by atoms with E-state index in [2.05, 4.69) is 30.2 Å². The van der Waals surface area contributed by atoms with Gasteiger partial charge in [-0.1, -0.05) is 19.9 Å². The molecule has 1 aromatic rings. The predicted octanol–water partition coefficient (Wildman–Crippen LogP) is 1.69. The Bertz CT molecular complexity index is 355. The van der Waals surface area contributed by atoms with Crippen molar-refractivity contribution in [3.8, 4) is 0 Å². The molecular weight excluding hydrogens is 210 g/mol. The molecule has 3 heteroatoms. The van der Waals surface area contributed by atoms with Crippen molar-refractivity contribution in [2.24, 2.45) is 11.1 Å². The Morgan fingerprint density at radius 3 is 2.76 bits per heavy atom. The predicted molar refractivity (Wildman–Crippen MR) is 70.9 cm³/mol. The van der Waals surface area contributed by atoms with Crippen molar-refractivity contribution in [3.63, 3.8) is 0 Å². The Balaban J connectivity index is 1.85. The van der Waals surface area contributed by atoms with Gasteiger partial charge in [0, 0.05) is 30.9 Å². The number of aromatic nitrogens is 1. The molecule has 1 aliphatic rings. The normalized spacial score (nSPS) is 18.1. The first kappa shape index (κ1) is 12.5. The molecule has 0 aromatic carbocycles. The van der Waals surface area contributed by atoms with Crippen molar-refractivity contribution in [3.05, 3.63) is 30.1 Å². The summed E-state index contributed by atoms with van der Waals surface area (Å²) in [6.45, 7) is 7.33. The summed E-state index contributed by atoms with van der Waals surface area (Å²) in [5.74, 6) is 0. The molecule has 1 saturated carbocycles. The van der Waals surface area contributed by atoms with Gasteiger partial charge in [-0.3, -0.25) is 4.98 Å². The number of nitrogens with two attached hydrogens (primary N) is 1. The van der Waals surface area contributed by atoms with E-state index in [1.165, 1.54) is 18.4 Å². The largest absolute Gasteiger partial charge is 0.330 e. The highest BCUT2D eigenvalue weighted by Gasteiger charge is 2.40. The van der Waals surface area contributed by atoms with Gasteiger partial charge in [-0.2, -0.15) is 0 Å². The lowest BCUT2D eigenvalue weighted by Crippen LogP contribution is -2.38. The maximum Gasteiger partial charge on any atom is 0.0305 e. The molecule has 94 valence electrons. The fourth-order valence-electron chi connectivity index (χ4n) is 2.14. The lowest BCUT2D eigenvalue weighted by atomic mass is 9.85. The Labute approximate surface area is 104 Å². The molecule has 0 aliphatic heterocycles. The Hall–Kier alpha value is -0.930. The summed E-state index contributed by atoms with van der Waals surface area (Å²) >= 11 is 0. The van der Waals surface area contributed by atoms with E-state index < -0.39 is 0 Å². The number of rotatable bonds is 6. The summed E-state index contributed by atoms with van der Waals surface area (Å²) in [7, 11) is 0. The molecule has 3 N–H and O–H groups in total. The van der Waals surface area contributed by atoms with Crippen molar-refractivity contribution < 1.29 is 0 Å². The molecule has 2 rings (SSSR count). The molecule has 0 saturated heterocycles. The first-order valence-electron chi connectivity index (χ1n) is 6.39. The van der Waals surface area contributed by atoms with Crippen LogP contribution in [0, 0.1) is 5.41 Å². The van der Waals surface area contributed by atoms with Crippen LogP contribution in [0.5, 0.6) is 0 Å². The molecule has 1 aromatic heterocycles. The Kier molecular flexibility index (Phi) is 3.50. The van der Waals surface area contributed by atoms with Crippen LogP contribution in [0.25, 0.3) is 0 Å². The average molecular weight is 233 g/mol. The molecule has 1 heterocycles. The van der Waals surface area contributed by atoms with Crippen LogP contribution in [0.2, 0.25) is 0 Å². The second-order valence-corrected chi connectivity index (χ2v) is 5.93. The highest BCUT2D eigenvalue weighted by Crippen LogP contribution is 2.43. The van der Waals surface area contributed by atoms with Crippen LogP contribution >= 0.6 is 0 Å². The highest BCUT2D eigenvalue weighted by molar-refractivity contribution is 5.20. The molecule has 1 fully saturated rings. The van der Waals surface area contributed by atoms with Gasteiger partial charge in [-0.25, -0.2) is 0 Å². The van der Waals surface area contributed by atoms with Gasteiger partial charge < -0.3 is 11.1 Å². The zero-order chi connectivity index (χ0) is 12.4. The van der Waals surface area contributed by atoms with E-state index in [1.807, 2.05) is 18.5 Å². The minimum Gasteiger partial charge on any atom is -0.330 e.